The first-order valence-corrected chi connectivity index (χ1v) is 10.6. The van der Waals surface area contributed by atoms with Gasteiger partial charge in [0.15, 0.2) is 0 Å². The summed E-state index contributed by atoms with van der Waals surface area (Å²) in [5.41, 5.74) is 2.60. The van der Waals surface area contributed by atoms with Crippen LogP contribution < -0.4 is 0 Å². The highest BCUT2D eigenvalue weighted by atomic mass is 32.2. The highest BCUT2D eigenvalue weighted by Gasteiger charge is 2.14. The molecule has 0 aliphatic carbocycles. The van der Waals surface area contributed by atoms with Crippen molar-refractivity contribution in [3.8, 4) is 0 Å². The molecule has 0 bridgehead atoms. The molecular formula is C21H21N4O2S-. The van der Waals surface area contributed by atoms with Gasteiger partial charge in [0.2, 0.25) is 10.0 Å². The predicted octanol–water partition coefficient (Wildman–Crippen LogP) is 4.94. The quantitative estimate of drug-likeness (QED) is 0.481. The van der Waals surface area contributed by atoms with E-state index in [0.29, 0.717) is 23.5 Å². The predicted molar refractivity (Wildman–Crippen MR) is 111 cm³/mol. The smallest absolute Gasteiger partial charge is 0.202 e. The maximum absolute atomic E-state index is 12.8. The van der Waals surface area contributed by atoms with E-state index in [-0.39, 0.29) is 10.7 Å². The standard InChI is InChI=1S/C21H21N4O2S/c1-14(2)13-25-21-18(12-16-11-15(3)9-10-19(16)22-21)20(23-25)24-28(26,27)17-7-5-4-6-8-17/h4-12,14H,13H2,1-3H3/q-1. The van der Waals surface area contributed by atoms with E-state index in [0.717, 1.165) is 16.5 Å². The average Bonchev–Trinajstić information content (AvgIpc) is 2.96. The van der Waals surface area contributed by atoms with Gasteiger partial charge in [0.25, 0.3) is 0 Å². The molecule has 0 saturated carbocycles. The van der Waals surface area contributed by atoms with Crippen LogP contribution in [0.25, 0.3) is 26.7 Å². The summed E-state index contributed by atoms with van der Waals surface area (Å²) in [6.07, 6.45) is 0. The molecule has 0 aliphatic rings. The first-order valence-electron chi connectivity index (χ1n) is 9.14. The summed E-state index contributed by atoms with van der Waals surface area (Å²) in [6, 6.07) is 16.1. The van der Waals surface area contributed by atoms with Gasteiger partial charge in [0.05, 0.1) is 10.4 Å². The fraction of sp³-hybridized carbons (Fsp3) is 0.238. The molecule has 0 amide bonds. The molecular weight excluding hydrogens is 372 g/mol. The molecule has 0 atom stereocenters. The fourth-order valence-electron chi connectivity index (χ4n) is 3.16. The Hall–Kier alpha value is -2.93. The van der Waals surface area contributed by atoms with Gasteiger partial charge in [-0.2, -0.15) is 0 Å². The minimum atomic E-state index is -3.86. The third kappa shape index (κ3) is 3.45. The van der Waals surface area contributed by atoms with Crippen molar-refractivity contribution >= 4 is 37.8 Å². The number of hydrogen-bond donors (Lipinski definition) is 0. The largest absolute Gasteiger partial charge is 0.372 e. The van der Waals surface area contributed by atoms with Crippen LogP contribution in [0.15, 0.2) is 59.5 Å². The lowest BCUT2D eigenvalue weighted by Crippen LogP contribution is -2.06. The van der Waals surface area contributed by atoms with Crippen LogP contribution in [0.1, 0.15) is 19.4 Å². The van der Waals surface area contributed by atoms with Crippen LogP contribution >= 0.6 is 0 Å². The van der Waals surface area contributed by atoms with Crippen LogP contribution in [-0.2, 0) is 16.6 Å². The molecule has 0 saturated heterocycles. The summed E-state index contributed by atoms with van der Waals surface area (Å²) < 4.78 is 31.3. The summed E-state index contributed by atoms with van der Waals surface area (Å²) in [4.78, 5) is 4.89. The highest BCUT2D eigenvalue weighted by Crippen LogP contribution is 2.35. The van der Waals surface area contributed by atoms with Crippen LogP contribution in [0.3, 0.4) is 0 Å². The number of benzene rings is 2. The Kier molecular flexibility index (Phi) is 4.55. The molecule has 4 aromatic rings. The third-order valence-corrected chi connectivity index (χ3v) is 5.72. The van der Waals surface area contributed by atoms with Crippen LogP contribution in [-0.4, -0.2) is 23.2 Å². The Balaban J connectivity index is 1.89. The topological polar surface area (TPSA) is 79.0 Å². The van der Waals surface area contributed by atoms with Crippen LogP contribution in [0.5, 0.6) is 0 Å². The van der Waals surface area contributed by atoms with E-state index in [1.165, 1.54) is 12.1 Å². The number of sulfonamides is 1. The second-order valence-corrected chi connectivity index (χ2v) is 8.94. The lowest BCUT2D eigenvalue weighted by molar-refractivity contribution is 0.494. The average molecular weight is 393 g/mol. The third-order valence-electron chi connectivity index (χ3n) is 4.44. The number of aryl methyl sites for hydroxylation is 1. The minimum Gasteiger partial charge on any atom is -0.372 e. The van der Waals surface area contributed by atoms with Crippen molar-refractivity contribution in [2.24, 2.45) is 5.92 Å². The van der Waals surface area contributed by atoms with E-state index in [1.54, 1.807) is 22.9 Å². The number of nitrogens with zero attached hydrogens (tertiary/aromatic N) is 4. The molecule has 0 aliphatic heterocycles. The van der Waals surface area contributed by atoms with Gasteiger partial charge in [0.1, 0.15) is 5.65 Å². The number of aromatic nitrogens is 3. The molecule has 2 heterocycles. The van der Waals surface area contributed by atoms with Crippen molar-refractivity contribution in [1.29, 1.82) is 0 Å². The van der Waals surface area contributed by atoms with Gasteiger partial charge in [-0.05, 0) is 49.0 Å². The van der Waals surface area contributed by atoms with Gasteiger partial charge in [0, 0.05) is 17.3 Å². The van der Waals surface area contributed by atoms with Crippen molar-refractivity contribution < 1.29 is 8.42 Å². The number of rotatable bonds is 5. The van der Waals surface area contributed by atoms with Crippen LogP contribution in [0.2, 0.25) is 0 Å². The highest BCUT2D eigenvalue weighted by molar-refractivity contribution is 7.94. The van der Waals surface area contributed by atoms with E-state index in [4.69, 9.17) is 4.98 Å². The molecule has 0 fully saturated rings. The number of fused-ring (bicyclic) bond motifs is 2. The summed E-state index contributed by atoms with van der Waals surface area (Å²) in [5, 5.41) is 6.07. The fourth-order valence-corrected chi connectivity index (χ4v) is 4.13. The van der Waals surface area contributed by atoms with Gasteiger partial charge in [-0.15, -0.1) is 0 Å². The van der Waals surface area contributed by atoms with E-state index in [9.17, 15) is 8.42 Å². The van der Waals surface area contributed by atoms with Gasteiger partial charge >= 0.3 is 0 Å². The normalized spacial score (nSPS) is 12.1. The van der Waals surface area contributed by atoms with Gasteiger partial charge < -0.3 is 14.5 Å². The number of hydrogen-bond acceptors (Lipinski definition) is 4. The minimum absolute atomic E-state index is 0.145. The Morgan fingerprint density at radius 3 is 2.54 bits per heavy atom. The molecule has 7 heteroatoms. The molecule has 0 N–H and O–H groups in total. The first-order chi connectivity index (χ1) is 13.3. The van der Waals surface area contributed by atoms with Crippen molar-refractivity contribution in [2.75, 3.05) is 0 Å². The molecule has 0 unspecified atom stereocenters. The second-order valence-electron chi connectivity index (χ2n) is 7.33. The van der Waals surface area contributed by atoms with E-state index in [2.05, 4.69) is 23.7 Å². The SMILES string of the molecule is Cc1ccc2nc3c(cc2c1)c([N-]S(=O)(=O)c1ccccc1)nn3CC(C)C. The Morgan fingerprint density at radius 1 is 1.07 bits per heavy atom. The molecule has 0 radical (unpaired) electrons. The molecule has 0 spiro atoms. The Bertz CT molecular complexity index is 1260. The lowest BCUT2D eigenvalue weighted by Gasteiger charge is -2.14. The van der Waals surface area contributed by atoms with E-state index in [1.807, 2.05) is 31.2 Å². The molecule has 2 aromatic heterocycles. The zero-order valence-corrected chi connectivity index (χ0v) is 16.8. The van der Waals surface area contributed by atoms with Gasteiger partial charge in [-0.1, -0.05) is 43.7 Å². The second kappa shape index (κ2) is 6.91. The van der Waals surface area contributed by atoms with Crippen molar-refractivity contribution in [1.82, 2.24) is 14.8 Å². The molecule has 144 valence electrons. The van der Waals surface area contributed by atoms with Gasteiger partial charge in [-0.3, -0.25) is 0 Å². The Labute approximate surface area is 164 Å². The zero-order valence-electron chi connectivity index (χ0n) is 16.0. The Morgan fingerprint density at radius 2 is 1.82 bits per heavy atom. The van der Waals surface area contributed by atoms with Crippen molar-refractivity contribution in [3.05, 3.63) is 64.9 Å². The van der Waals surface area contributed by atoms with Gasteiger partial charge in [-0.25, -0.2) is 13.4 Å². The van der Waals surface area contributed by atoms with Crippen LogP contribution in [0.4, 0.5) is 5.82 Å². The number of pyridine rings is 1. The summed E-state index contributed by atoms with van der Waals surface area (Å²) >= 11 is 0. The molecule has 2 aromatic carbocycles. The molecule has 4 rings (SSSR count). The maximum atomic E-state index is 12.8. The van der Waals surface area contributed by atoms with Crippen molar-refractivity contribution in [2.45, 2.75) is 32.2 Å². The molecule has 28 heavy (non-hydrogen) atoms. The van der Waals surface area contributed by atoms with E-state index < -0.39 is 10.0 Å². The lowest BCUT2D eigenvalue weighted by atomic mass is 10.1. The van der Waals surface area contributed by atoms with E-state index >= 15 is 0 Å². The zero-order chi connectivity index (χ0) is 19.9. The summed E-state index contributed by atoms with van der Waals surface area (Å²) in [6.45, 7) is 6.80. The summed E-state index contributed by atoms with van der Waals surface area (Å²) in [7, 11) is -3.86. The maximum Gasteiger partial charge on any atom is 0.202 e. The van der Waals surface area contributed by atoms with Crippen molar-refractivity contribution in [3.63, 3.8) is 0 Å². The monoisotopic (exact) mass is 393 g/mol. The first kappa shape index (κ1) is 18.4. The molecule has 6 nitrogen and oxygen atoms in total. The van der Waals surface area contributed by atoms with Crippen LogP contribution in [0, 0.1) is 12.8 Å². The summed E-state index contributed by atoms with van der Waals surface area (Å²) in [5.74, 6) is 0.507.